The smallest absolute Gasteiger partial charge is 0.251 e. The molecule has 1 atom stereocenters. The Balaban J connectivity index is 1.98. The maximum atomic E-state index is 12.3. The van der Waals surface area contributed by atoms with Crippen LogP contribution in [0.2, 0.25) is 0 Å². The lowest BCUT2D eigenvalue weighted by Crippen LogP contribution is -2.33. The van der Waals surface area contributed by atoms with Gasteiger partial charge < -0.3 is 5.32 Å². The standard InChI is InChI=1S/C18H22N2O3S/c1-14(11-12-15-7-4-3-5-8-15)20-18(21)16-9-6-10-17(13-16)24(22,23)19-2/h3-10,13-14,19H,11-12H2,1-2H3,(H,20,21)/t14-/m1/s1. The van der Waals surface area contributed by atoms with Crippen molar-refractivity contribution in [3.63, 3.8) is 0 Å². The van der Waals surface area contributed by atoms with Crippen molar-refractivity contribution in [2.24, 2.45) is 0 Å². The zero-order valence-electron chi connectivity index (χ0n) is 13.8. The number of hydrogen-bond donors (Lipinski definition) is 2. The molecule has 2 rings (SSSR count). The van der Waals surface area contributed by atoms with Gasteiger partial charge in [-0.3, -0.25) is 4.79 Å². The highest BCUT2D eigenvalue weighted by Crippen LogP contribution is 2.12. The average molecular weight is 346 g/mol. The highest BCUT2D eigenvalue weighted by atomic mass is 32.2. The van der Waals surface area contributed by atoms with E-state index in [1.807, 2.05) is 25.1 Å². The first kappa shape index (κ1) is 18.2. The molecule has 0 unspecified atom stereocenters. The summed E-state index contributed by atoms with van der Waals surface area (Å²) in [7, 11) is -2.22. The molecule has 128 valence electrons. The lowest BCUT2D eigenvalue weighted by atomic mass is 10.1. The van der Waals surface area contributed by atoms with Crippen molar-refractivity contribution in [3.05, 3.63) is 65.7 Å². The average Bonchev–Trinajstić information content (AvgIpc) is 2.61. The van der Waals surface area contributed by atoms with E-state index in [9.17, 15) is 13.2 Å². The van der Waals surface area contributed by atoms with Crippen molar-refractivity contribution in [1.82, 2.24) is 10.0 Å². The number of amides is 1. The summed E-state index contributed by atoms with van der Waals surface area (Å²) in [4.78, 5) is 12.4. The van der Waals surface area contributed by atoms with E-state index in [4.69, 9.17) is 0 Å². The molecule has 0 bridgehead atoms. The second-order valence-electron chi connectivity index (χ2n) is 5.63. The molecule has 2 aromatic carbocycles. The van der Waals surface area contributed by atoms with E-state index < -0.39 is 10.0 Å². The first-order chi connectivity index (χ1) is 11.4. The third kappa shape index (κ3) is 4.91. The molecular formula is C18H22N2O3S. The third-order valence-corrected chi connectivity index (χ3v) is 5.17. The molecule has 0 aromatic heterocycles. The summed E-state index contributed by atoms with van der Waals surface area (Å²) in [5.74, 6) is -0.274. The summed E-state index contributed by atoms with van der Waals surface area (Å²) in [6.45, 7) is 1.94. The molecule has 0 heterocycles. The van der Waals surface area contributed by atoms with E-state index in [0.717, 1.165) is 12.8 Å². The van der Waals surface area contributed by atoms with Gasteiger partial charge in [0, 0.05) is 11.6 Å². The third-order valence-electron chi connectivity index (χ3n) is 3.76. The topological polar surface area (TPSA) is 75.3 Å². The van der Waals surface area contributed by atoms with Crippen LogP contribution in [0.3, 0.4) is 0 Å². The van der Waals surface area contributed by atoms with Gasteiger partial charge in [-0.1, -0.05) is 36.4 Å². The van der Waals surface area contributed by atoms with Gasteiger partial charge in [0.25, 0.3) is 5.91 Å². The Morgan fingerprint density at radius 3 is 2.46 bits per heavy atom. The van der Waals surface area contributed by atoms with E-state index >= 15 is 0 Å². The van der Waals surface area contributed by atoms with Crippen molar-refractivity contribution >= 4 is 15.9 Å². The number of carbonyl (C=O) groups excluding carboxylic acids is 1. The monoisotopic (exact) mass is 346 g/mol. The van der Waals surface area contributed by atoms with Crippen LogP contribution in [0.1, 0.15) is 29.3 Å². The van der Waals surface area contributed by atoms with Gasteiger partial charge >= 0.3 is 0 Å². The zero-order chi connectivity index (χ0) is 17.6. The van der Waals surface area contributed by atoms with Gasteiger partial charge in [0.15, 0.2) is 0 Å². The van der Waals surface area contributed by atoms with Crippen LogP contribution in [-0.2, 0) is 16.4 Å². The molecule has 0 saturated heterocycles. The SMILES string of the molecule is CNS(=O)(=O)c1cccc(C(=O)N[C@H](C)CCc2ccccc2)c1. The summed E-state index contributed by atoms with van der Waals surface area (Å²) in [5, 5.41) is 2.91. The van der Waals surface area contributed by atoms with Crippen molar-refractivity contribution in [1.29, 1.82) is 0 Å². The molecule has 0 aliphatic heterocycles. The van der Waals surface area contributed by atoms with Crippen molar-refractivity contribution in [2.75, 3.05) is 7.05 Å². The fourth-order valence-corrected chi connectivity index (χ4v) is 3.11. The molecule has 0 spiro atoms. The van der Waals surface area contributed by atoms with E-state index in [0.29, 0.717) is 5.56 Å². The van der Waals surface area contributed by atoms with Crippen LogP contribution in [-0.4, -0.2) is 27.4 Å². The second kappa shape index (κ2) is 8.08. The Labute approximate surface area is 143 Å². The molecular weight excluding hydrogens is 324 g/mol. The Kier molecular flexibility index (Phi) is 6.11. The molecule has 0 fully saturated rings. The van der Waals surface area contributed by atoms with Crippen LogP contribution in [0.4, 0.5) is 0 Å². The number of nitrogens with one attached hydrogen (secondary N) is 2. The van der Waals surface area contributed by atoms with Crippen LogP contribution in [0.15, 0.2) is 59.5 Å². The zero-order valence-corrected chi connectivity index (χ0v) is 14.6. The van der Waals surface area contributed by atoms with Crippen LogP contribution in [0.25, 0.3) is 0 Å². The molecule has 0 saturated carbocycles. The Hall–Kier alpha value is -2.18. The predicted octanol–water partition coefficient (Wildman–Crippen LogP) is 2.35. The van der Waals surface area contributed by atoms with E-state index in [-0.39, 0.29) is 16.8 Å². The van der Waals surface area contributed by atoms with Crippen LogP contribution >= 0.6 is 0 Å². The molecule has 0 aliphatic rings. The Morgan fingerprint density at radius 1 is 1.08 bits per heavy atom. The minimum Gasteiger partial charge on any atom is -0.350 e. The predicted molar refractivity (Wildman–Crippen MR) is 94.4 cm³/mol. The van der Waals surface area contributed by atoms with Crippen molar-refractivity contribution < 1.29 is 13.2 Å². The van der Waals surface area contributed by atoms with E-state index in [1.54, 1.807) is 12.1 Å². The Bertz CT molecular complexity index is 789. The van der Waals surface area contributed by atoms with Crippen molar-refractivity contribution in [2.45, 2.75) is 30.7 Å². The summed E-state index contributed by atoms with van der Waals surface area (Å²) in [6, 6.07) is 16.1. The number of rotatable bonds is 7. The highest BCUT2D eigenvalue weighted by molar-refractivity contribution is 7.89. The largest absolute Gasteiger partial charge is 0.350 e. The molecule has 2 N–H and O–H groups in total. The summed E-state index contributed by atoms with van der Waals surface area (Å²) in [6.07, 6.45) is 1.68. The maximum Gasteiger partial charge on any atom is 0.251 e. The van der Waals surface area contributed by atoms with Gasteiger partial charge in [-0.05, 0) is 50.6 Å². The normalized spacial score (nSPS) is 12.6. The minimum atomic E-state index is -3.56. The Morgan fingerprint density at radius 2 is 1.79 bits per heavy atom. The van der Waals surface area contributed by atoms with Crippen molar-refractivity contribution in [3.8, 4) is 0 Å². The molecule has 24 heavy (non-hydrogen) atoms. The lowest BCUT2D eigenvalue weighted by Gasteiger charge is -2.14. The molecule has 6 heteroatoms. The maximum absolute atomic E-state index is 12.3. The summed E-state index contributed by atoms with van der Waals surface area (Å²) in [5.41, 5.74) is 1.55. The highest BCUT2D eigenvalue weighted by Gasteiger charge is 2.15. The van der Waals surface area contributed by atoms with Gasteiger partial charge in [0.05, 0.1) is 4.90 Å². The summed E-state index contributed by atoms with van der Waals surface area (Å²) >= 11 is 0. The van der Waals surface area contributed by atoms with Gasteiger partial charge in [-0.25, -0.2) is 13.1 Å². The molecule has 0 aliphatic carbocycles. The number of aryl methyl sites for hydroxylation is 1. The quantitative estimate of drug-likeness (QED) is 0.808. The molecule has 2 aromatic rings. The number of sulfonamides is 1. The molecule has 5 nitrogen and oxygen atoms in total. The fraction of sp³-hybridized carbons (Fsp3) is 0.278. The van der Waals surface area contributed by atoms with Crippen LogP contribution in [0, 0.1) is 0 Å². The number of carbonyl (C=O) groups is 1. The fourth-order valence-electron chi connectivity index (χ4n) is 2.33. The van der Waals surface area contributed by atoms with Gasteiger partial charge in [-0.15, -0.1) is 0 Å². The van der Waals surface area contributed by atoms with Gasteiger partial charge in [-0.2, -0.15) is 0 Å². The molecule has 0 radical (unpaired) electrons. The summed E-state index contributed by atoms with van der Waals surface area (Å²) < 4.78 is 25.9. The number of benzene rings is 2. The lowest BCUT2D eigenvalue weighted by molar-refractivity contribution is 0.0938. The van der Waals surface area contributed by atoms with E-state index in [2.05, 4.69) is 22.2 Å². The second-order valence-corrected chi connectivity index (χ2v) is 7.52. The number of hydrogen-bond acceptors (Lipinski definition) is 3. The molecule has 1 amide bonds. The van der Waals surface area contributed by atoms with Gasteiger partial charge in [0.2, 0.25) is 10.0 Å². The van der Waals surface area contributed by atoms with Crippen LogP contribution < -0.4 is 10.0 Å². The first-order valence-electron chi connectivity index (χ1n) is 7.81. The first-order valence-corrected chi connectivity index (χ1v) is 9.29. The van der Waals surface area contributed by atoms with Gasteiger partial charge in [0.1, 0.15) is 0 Å². The minimum absolute atomic E-state index is 0.0118. The van der Waals surface area contributed by atoms with Crippen LogP contribution in [0.5, 0.6) is 0 Å². The van der Waals surface area contributed by atoms with E-state index in [1.165, 1.54) is 24.7 Å².